The Morgan fingerprint density at radius 3 is 2.48 bits per heavy atom. The summed E-state index contributed by atoms with van der Waals surface area (Å²) in [7, 11) is 1.34. The van der Waals surface area contributed by atoms with E-state index in [1.165, 1.54) is 7.11 Å². The molecule has 1 atom stereocenters. The summed E-state index contributed by atoms with van der Waals surface area (Å²) in [5, 5.41) is 3.26. The number of nitrogens with one attached hydrogen (secondary N) is 1. The minimum Gasteiger partial charge on any atom is -0.481 e. The Balaban J connectivity index is 1.85. The molecule has 0 saturated heterocycles. The van der Waals surface area contributed by atoms with Gasteiger partial charge in [0.25, 0.3) is 0 Å². The van der Waals surface area contributed by atoms with E-state index >= 15 is 0 Å². The maximum atomic E-state index is 13.3. The molecule has 5 heteroatoms. The topological polar surface area (TPSA) is 64.6 Å². The lowest BCUT2D eigenvalue weighted by molar-refractivity contribution is -0.136. The van der Waals surface area contributed by atoms with Crippen LogP contribution in [0.4, 0.5) is 0 Å². The van der Waals surface area contributed by atoms with Crippen molar-refractivity contribution < 1.29 is 19.1 Å². The predicted octanol–water partition coefficient (Wildman–Crippen LogP) is 3.44. The zero-order valence-electron chi connectivity index (χ0n) is 16.1. The number of allylic oxidation sites excluding steroid dienone is 2. The number of ether oxygens (including phenoxy) is 2. The lowest BCUT2D eigenvalue weighted by Gasteiger charge is -2.29. The Bertz CT molecular complexity index is 1120. The third-order valence-electron chi connectivity index (χ3n) is 5.19. The van der Waals surface area contributed by atoms with Gasteiger partial charge in [0.05, 0.1) is 18.4 Å². The van der Waals surface area contributed by atoms with Gasteiger partial charge in [0.2, 0.25) is 0 Å². The molecule has 29 heavy (non-hydrogen) atoms. The second-order valence-electron chi connectivity index (χ2n) is 6.81. The van der Waals surface area contributed by atoms with Crippen LogP contribution in [0.3, 0.4) is 0 Å². The van der Waals surface area contributed by atoms with Crippen LogP contribution in [0.2, 0.25) is 0 Å². The van der Waals surface area contributed by atoms with E-state index in [4.69, 9.17) is 15.9 Å². The van der Waals surface area contributed by atoms with E-state index in [0.717, 1.165) is 16.8 Å². The number of ketones is 1. The van der Waals surface area contributed by atoms with Crippen LogP contribution in [0.1, 0.15) is 34.3 Å². The molecule has 0 aromatic heterocycles. The highest BCUT2D eigenvalue weighted by atomic mass is 16.5. The van der Waals surface area contributed by atoms with Crippen LogP contribution in [-0.4, -0.2) is 25.5 Å². The first kappa shape index (κ1) is 18.6. The summed E-state index contributed by atoms with van der Waals surface area (Å²) in [5.74, 6) is 1.95. The summed E-state index contributed by atoms with van der Waals surface area (Å²) >= 11 is 0. The van der Waals surface area contributed by atoms with Crippen molar-refractivity contribution in [2.24, 2.45) is 0 Å². The number of methoxy groups -OCH3 is 1. The number of terminal acetylenes is 1. The highest BCUT2D eigenvalue weighted by molar-refractivity contribution is 6.23. The van der Waals surface area contributed by atoms with Crippen LogP contribution in [0, 0.1) is 12.3 Å². The van der Waals surface area contributed by atoms with Crippen LogP contribution < -0.4 is 10.1 Å². The van der Waals surface area contributed by atoms with Crippen molar-refractivity contribution in [1.82, 2.24) is 5.32 Å². The quantitative estimate of drug-likeness (QED) is 0.645. The van der Waals surface area contributed by atoms with Gasteiger partial charge < -0.3 is 14.8 Å². The standard InChI is InChI=1S/C24H19NO4/c1-4-13-29-16-11-9-15(10-12-16)20-19(24(27)28-3)14(2)25-22-17-7-5-6-8-18(17)23(26)21(20)22/h1,5-12,20,25H,13H2,2-3H3. The van der Waals surface area contributed by atoms with Crippen molar-refractivity contribution in [1.29, 1.82) is 0 Å². The fourth-order valence-electron chi connectivity index (χ4n) is 3.92. The molecule has 4 rings (SSSR count). The lowest BCUT2D eigenvalue weighted by Crippen LogP contribution is -2.29. The molecule has 144 valence electrons. The monoisotopic (exact) mass is 385 g/mol. The highest BCUT2D eigenvalue weighted by Crippen LogP contribution is 2.46. The van der Waals surface area contributed by atoms with Crippen LogP contribution in [0.5, 0.6) is 5.75 Å². The molecule has 0 saturated carbocycles. The van der Waals surface area contributed by atoms with E-state index < -0.39 is 11.9 Å². The molecule has 2 aliphatic rings. The molecule has 1 aliphatic carbocycles. The number of dihydropyridines is 1. The first-order valence-electron chi connectivity index (χ1n) is 9.17. The van der Waals surface area contributed by atoms with Gasteiger partial charge in [-0.2, -0.15) is 0 Å². The Labute approximate surface area is 169 Å². The number of hydrogen-bond acceptors (Lipinski definition) is 5. The summed E-state index contributed by atoms with van der Waals surface area (Å²) in [6, 6.07) is 14.7. The normalized spacial score (nSPS) is 17.3. The highest BCUT2D eigenvalue weighted by Gasteiger charge is 2.42. The fraction of sp³-hybridized carbons (Fsp3) is 0.167. The molecule has 0 radical (unpaired) electrons. The molecule has 0 fully saturated rings. The van der Waals surface area contributed by atoms with Gasteiger partial charge in [-0.15, -0.1) is 6.42 Å². The Kier molecular flexibility index (Phi) is 4.69. The third-order valence-corrected chi connectivity index (χ3v) is 5.19. The molecule has 1 aliphatic heterocycles. The number of esters is 1. The zero-order chi connectivity index (χ0) is 20.5. The molecule has 0 spiro atoms. The van der Waals surface area contributed by atoms with Crippen molar-refractivity contribution in [2.45, 2.75) is 12.8 Å². The van der Waals surface area contributed by atoms with Gasteiger partial charge in [-0.25, -0.2) is 4.79 Å². The molecular formula is C24H19NO4. The SMILES string of the molecule is C#CCOc1ccc(C2C(C(=O)OC)=C(C)NC3=C2C(=O)c2ccccc23)cc1. The van der Waals surface area contributed by atoms with Crippen LogP contribution >= 0.6 is 0 Å². The lowest BCUT2D eigenvalue weighted by atomic mass is 9.80. The number of carbonyl (C=O) groups is 2. The van der Waals surface area contributed by atoms with Crippen LogP contribution in [0.15, 0.2) is 65.4 Å². The predicted molar refractivity (Wildman–Crippen MR) is 109 cm³/mol. The van der Waals surface area contributed by atoms with E-state index in [1.807, 2.05) is 37.3 Å². The van der Waals surface area contributed by atoms with Gasteiger partial charge in [0, 0.05) is 28.3 Å². The number of fused-ring (bicyclic) bond motifs is 2. The smallest absolute Gasteiger partial charge is 0.336 e. The number of benzene rings is 2. The first-order valence-corrected chi connectivity index (χ1v) is 9.17. The summed E-state index contributed by atoms with van der Waals surface area (Å²) in [5.41, 5.74) is 4.65. The Morgan fingerprint density at radius 2 is 1.83 bits per heavy atom. The maximum absolute atomic E-state index is 13.3. The Morgan fingerprint density at radius 1 is 1.14 bits per heavy atom. The first-order chi connectivity index (χ1) is 14.1. The minimum atomic E-state index is -0.541. The van der Waals surface area contributed by atoms with Gasteiger partial charge >= 0.3 is 5.97 Å². The van der Waals surface area contributed by atoms with Gasteiger partial charge in [0.1, 0.15) is 12.4 Å². The largest absolute Gasteiger partial charge is 0.481 e. The van der Waals surface area contributed by atoms with Crippen LogP contribution in [0.25, 0.3) is 5.70 Å². The minimum absolute atomic E-state index is 0.0883. The summed E-state index contributed by atoms with van der Waals surface area (Å²) in [6.07, 6.45) is 5.24. The van der Waals surface area contributed by atoms with Crippen molar-refractivity contribution in [3.8, 4) is 18.1 Å². The van der Waals surface area contributed by atoms with Gasteiger partial charge in [0.15, 0.2) is 5.78 Å². The number of hydrogen-bond donors (Lipinski definition) is 1. The molecular weight excluding hydrogens is 366 g/mol. The molecule has 1 N–H and O–H groups in total. The van der Waals surface area contributed by atoms with E-state index in [2.05, 4.69) is 11.2 Å². The average molecular weight is 385 g/mol. The average Bonchev–Trinajstić information content (AvgIpc) is 3.03. The zero-order valence-corrected chi connectivity index (χ0v) is 16.1. The van der Waals surface area contributed by atoms with Crippen molar-refractivity contribution in [3.63, 3.8) is 0 Å². The number of rotatable bonds is 4. The second-order valence-corrected chi connectivity index (χ2v) is 6.81. The van der Waals surface area contributed by atoms with E-state index in [-0.39, 0.29) is 12.4 Å². The van der Waals surface area contributed by atoms with Crippen LogP contribution in [-0.2, 0) is 9.53 Å². The molecule has 1 heterocycles. The summed E-state index contributed by atoms with van der Waals surface area (Å²) in [4.78, 5) is 25.9. The van der Waals surface area contributed by atoms with Crippen molar-refractivity contribution in [3.05, 3.63) is 82.1 Å². The third kappa shape index (κ3) is 2.99. The van der Waals surface area contributed by atoms with Gasteiger partial charge in [-0.3, -0.25) is 4.79 Å². The maximum Gasteiger partial charge on any atom is 0.336 e. The second kappa shape index (κ2) is 7.33. The fourth-order valence-corrected chi connectivity index (χ4v) is 3.92. The van der Waals surface area contributed by atoms with Gasteiger partial charge in [-0.1, -0.05) is 42.3 Å². The van der Waals surface area contributed by atoms with E-state index in [1.54, 1.807) is 18.2 Å². The van der Waals surface area contributed by atoms with Gasteiger partial charge in [-0.05, 0) is 24.6 Å². The summed E-state index contributed by atoms with van der Waals surface area (Å²) in [6.45, 7) is 1.99. The van der Waals surface area contributed by atoms with E-state index in [9.17, 15) is 9.59 Å². The molecule has 1 unspecified atom stereocenters. The molecule has 0 bridgehead atoms. The van der Waals surface area contributed by atoms with Crippen molar-refractivity contribution >= 4 is 17.4 Å². The van der Waals surface area contributed by atoms with E-state index in [0.29, 0.717) is 28.2 Å². The summed E-state index contributed by atoms with van der Waals surface area (Å²) < 4.78 is 10.5. The molecule has 5 nitrogen and oxygen atoms in total. The van der Waals surface area contributed by atoms with Crippen molar-refractivity contribution in [2.75, 3.05) is 13.7 Å². The Hall–Kier alpha value is -3.78. The molecule has 0 amide bonds. The number of Topliss-reactive ketones (excluding diaryl/α,β-unsaturated/α-hetero) is 1. The molecule has 2 aromatic rings. The number of carbonyl (C=O) groups excluding carboxylic acids is 2. The molecule has 2 aromatic carbocycles.